The van der Waals surface area contributed by atoms with Gasteiger partial charge >= 0.3 is 0 Å². The lowest BCUT2D eigenvalue weighted by Gasteiger charge is -2.26. The Labute approximate surface area is 91.2 Å². The molecule has 0 fully saturated rings. The molecule has 84 valence electrons. The monoisotopic (exact) mass is 218 g/mol. The molecule has 0 bridgehead atoms. The SMILES string of the molecule is CCC(C)(N)C(=O)NCC(C)(C)SC. The number of hydrogen-bond donors (Lipinski definition) is 2. The summed E-state index contributed by atoms with van der Waals surface area (Å²) in [6.07, 6.45) is 2.69. The molecule has 0 heterocycles. The Balaban J connectivity index is 4.10. The van der Waals surface area contributed by atoms with Crippen molar-refractivity contribution >= 4 is 17.7 Å². The molecular weight excluding hydrogens is 196 g/mol. The summed E-state index contributed by atoms with van der Waals surface area (Å²) < 4.78 is 0.0689. The minimum Gasteiger partial charge on any atom is -0.353 e. The first-order valence-corrected chi connectivity index (χ1v) is 6.10. The third-order valence-corrected chi connectivity index (χ3v) is 3.73. The number of carbonyl (C=O) groups is 1. The molecule has 0 aliphatic heterocycles. The zero-order valence-electron chi connectivity index (χ0n) is 9.81. The summed E-state index contributed by atoms with van der Waals surface area (Å²) in [5.74, 6) is -0.0675. The molecule has 0 aliphatic carbocycles. The Hall–Kier alpha value is -0.220. The van der Waals surface area contributed by atoms with Crippen LogP contribution in [0.25, 0.3) is 0 Å². The molecule has 1 atom stereocenters. The van der Waals surface area contributed by atoms with Gasteiger partial charge in [-0.15, -0.1) is 0 Å². The van der Waals surface area contributed by atoms with Gasteiger partial charge in [-0.1, -0.05) is 6.92 Å². The molecule has 0 aromatic carbocycles. The molecule has 0 saturated heterocycles. The Morgan fingerprint density at radius 3 is 2.29 bits per heavy atom. The predicted molar refractivity (Wildman–Crippen MR) is 63.5 cm³/mol. The normalized spacial score (nSPS) is 16.1. The molecule has 0 aliphatic rings. The predicted octanol–water partition coefficient (Wildman–Crippen LogP) is 1.37. The molecule has 3 N–H and O–H groups in total. The molecule has 0 aromatic heterocycles. The van der Waals surface area contributed by atoms with Gasteiger partial charge in [0.2, 0.25) is 5.91 Å². The molecule has 3 nitrogen and oxygen atoms in total. The third-order valence-electron chi connectivity index (χ3n) is 2.48. The van der Waals surface area contributed by atoms with Crippen LogP contribution in [0.1, 0.15) is 34.1 Å². The Kier molecular flexibility index (Phi) is 4.95. The summed E-state index contributed by atoms with van der Waals surface area (Å²) in [5.41, 5.74) is 5.07. The van der Waals surface area contributed by atoms with E-state index < -0.39 is 5.54 Å². The van der Waals surface area contributed by atoms with Crippen LogP contribution < -0.4 is 11.1 Å². The summed E-state index contributed by atoms with van der Waals surface area (Å²) in [6, 6.07) is 0. The smallest absolute Gasteiger partial charge is 0.239 e. The molecule has 1 amide bonds. The van der Waals surface area contributed by atoms with Crippen molar-refractivity contribution in [1.82, 2.24) is 5.32 Å². The third kappa shape index (κ3) is 4.33. The van der Waals surface area contributed by atoms with Crippen LogP contribution in [0.15, 0.2) is 0 Å². The maximum absolute atomic E-state index is 11.6. The van der Waals surface area contributed by atoms with E-state index in [-0.39, 0.29) is 10.7 Å². The van der Waals surface area contributed by atoms with E-state index in [1.807, 2.05) is 13.2 Å². The maximum atomic E-state index is 11.6. The van der Waals surface area contributed by atoms with E-state index in [0.717, 1.165) is 0 Å². The van der Waals surface area contributed by atoms with Gasteiger partial charge in [0.1, 0.15) is 0 Å². The van der Waals surface area contributed by atoms with Crippen LogP contribution in [-0.2, 0) is 4.79 Å². The van der Waals surface area contributed by atoms with Crippen molar-refractivity contribution < 1.29 is 4.79 Å². The minimum atomic E-state index is -0.742. The van der Waals surface area contributed by atoms with E-state index >= 15 is 0 Å². The van der Waals surface area contributed by atoms with E-state index in [2.05, 4.69) is 19.2 Å². The van der Waals surface area contributed by atoms with Gasteiger partial charge in [-0.05, 0) is 33.4 Å². The second-order valence-electron chi connectivity index (χ2n) is 4.42. The molecule has 0 aromatic rings. The molecule has 0 spiro atoms. The van der Waals surface area contributed by atoms with Gasteiger partial charge in [-0.3, -0.25) is 4.79 Å². The number of carbonyl (C=O) groups excluding carboxylic acids is 1. The molecule has 1 unspecified atom stereocenters. The van der Waals surface area contributed by atoms with Crippen LogP contribution in [0.3, 0.4) is 0 Å². The first-order chi connectivity index (χ1) is 6.25. The lowest BCUT2D eigenvalue weighted by atomic mass is 9.99. The van der Waals surface area contributed by atoms with Crippen molar-refractivity contribution in [3.05, 3.63) is 0 Å². The van der Waals surface area contributed by atoms with Crippen molar-refractivity contribution in [3.63, 3.8) is 0 Å². The van der Waals surface area contributed by atoms with Crippen LogP contribution in [0.4, 0.5) is 0 Å². The standard InChI is InChI=1S/C10H22N2OS/c1-6-10(4,11)8(13)12-7-9(2,3)14-5/h6-7,11H2,1-5H3,(H,12,13). The van der Waals surface area contributed by atoms with Crippen LogP contribution >= 0.6 is 11.8 Å². The van der Waals surface area contributed by atoms with Gasteiger partial charge in [0, 0.05) is 11.3 Å². The summed E-state index contributed by atoms with van der Waals surface area (Å²) >= 11 is 1.73. The Bertz CT molecular complexity index is 202. The second kappa shape index (κ2) is 5.03. The fourth-order valence-corrected chi connectivity index (χ4v) is 0.944. The van der Waals surface area contributed by atoms with E-state index in [1.54, 1.807) is 18.7 Å². The lowest BCUT2D eigenvalue weighted by Crippen LogP contribution is -2.53. The average molecular weight is 218 g/mol. The van der Waals surface area contributed by atoms with Crippen molar-refractivity contribution in [2.24, 2.45) is 5.73 Å². The second-order valence-corrected chi connectivity index (χ2v) is 5.93. The van der Waals surface area contributed by atoms with Crippen molar-refractivity contribution in [1.29, 1.82) is 0 Å². The molecule has 0 rings (SSSR count). The van der Waals surface area contributed by atoms with Crippen molar-refractivity contribution in [2.75, 3.05) is 12.8 Å². The van der Waals surface area contributed by atoms with E-state index in [0.29, 0.717) is 13.0 Å². The fourth-order valence-electron chi connectivity index (χ4n) is 0.728. The molecule has 14 heavy (non-hydrogen) atoms. The number of amides is 1. The highest BCUT2D eigenvalue weighted by Crippen LogP contribution is 2.19. The first kappa shape index (κ1) is 13.8. The van der Waals surface area contributed by atoms with Gasteiger partial charge < -0.3 is 11.1 Å². The number of thioether (sulfide) groups is 1. The summed E-state index contributed by atoms with van der Waals surface area (Å²) in [7, 11) is 0. The van der Waals surface area contributed by atoms with Crippen LogP contribution in [-0.4, -0.2) is 29.0 Å². The highest BCUT2D eigenvalue weighted by atomic mass is 32.2. The van der Waals surface area contributed by atoms with Gasteiger partial charge in [-0.2, -0.15) is 11.8 Å². The van der Waals surface area contributed by atoms with Crippen molar-refractivity contribution in [2.45, 2.75) is 44.4 Å². The minimum absolute atomic E-state index is 0.0675. The topological polar surface area (TPSA) is 55.1 Å². The highest BCUT2D eigenvalue weighted by molar-refractivity contribution is 7.99. The van der Waals surface area contributed by atoms with Crippen LogP contribution in [0, 0.1) is 0 Å². The lowest BCUT2D eigenvalue weighted by molar-refractivity contribution is -0.125. The maximum Gasteiger partial charge on any atom is 0.239 e. The van der Waals surface area contributed by atoms with E-state index in [4.69, 9.17) is 5.73 Å². The molecule has 0 radical (unpaired) electrons. The molecular formula is C10H22N2OS. The quantitative estimate of drug-likeness (QED) is 0.733. The van der Waals surface area contributed by atoms with Crippen LogP contribution in [0.5, 0.6) is 0 Å². The number of nitrogens with two attached hydrogens (primary N) is 1. The largest absolute Gasteiger partial charge is 0.353 e. The van der Waals surface area contributed by atoms with Crippen LogP contribution in [0.2, 0.25) is 0 Å². The fraction of sp³-hybridized carbons (Fsp3) is 0.900. The number of hydrogen-bond acceptors (Lipinski definition) is 3. The molecule has 4 heteroatoms. The zero-order chi connectivity index (χ0) is 11.4. The Morgan fingerprint density at radius 1 is 1.43 bits per heavy atom. The van der Waals surface area contributed by atoms with Crippen molar-refractivity contribution in [3.8, 4) is 0 Å². The van der Waals surface area contributed by atoms with Gasteiger partial charge in [0.05, 0.1) is 5.54 Å². The van der Waals surface area contributed by atoms with Gasteiger partial charge in [0.25, 0.3) is 0 Å². The highest BCUT2D eigenvalue weighted by Gasteiger charge is 2.27. The van der Waals surface area contributed by atoms with E-state index in [9.17, 15) is 4.79 Å². The summed E-state index contributed by atoms with van der Waals surface area (Å²) in [6.45, 7) is 8.52. The summed E-state index contributed by atoms with van der Waals surface area (Å²) in [5, 5.41) is 2.88. The Morgan fingerprint density at radius 2 is 1.93 bits per heavy atom. The zero-order valence-corrected chi connectivity index (χ0v) is 10.6. The number of rotatable bonds is 5. The average Bonchev–Trinajstić information content (AvgIpc) is 2.14. The summed E-state index contributed by atoms with van der Waals surface area (Å²) in [4.78, 5) is 11.6. The van der Waals surface area contributed by atoms with E-state index in [1.165, 1.54) is 0 Å². The molecule has 0 saturated carbocycles. The van der Waals surface area contributed by atoms with Gasteiger partial charge in [-0.25, -0.2) is 0 Å². The first-order valence-electron chi connectivity index (χ1n) is 4.87. The number of nitrogens with one attached hydrogen (secondary N) is 1. The van der Waals surface area contributed by atoms with Gasteiger partial charge in [0.15, 0.2) is 0 Å².